The van der Waals surface area contributed by atoms with Gasteiger partial charge in [0.15, 0.2) is 0 Å². The molecule has 2 aliphatic rings. The molecular weight excluding hydrogens is 128 g/mol. The quantitative estimate of drug-likeness (QED) is 0.516. The fourth-order valence-corrected chi connectivity index (χ4v) is 2.28. The van der Waals surface area contributed by atoms with Crippen molar-refractivity contribution >= 4 is 0 Å². The van der Waals surface area contributed by atoms with Crippen molar-refractivity contribution in [3.63, 3.8) is 0 Å². The predicted octanol–water partition coefficient (Wildman–Crippen LogP) is 1.40. The Balaban J connectivity index is 1.99. The summed E-state index contributed by atoms with van der Waals surface area (Å²) in [6, 6.07) is 0. The summed E-state index contributed by atoms with van der Waals surface area (Å²) in [7, 11) is 0. The molecule has 0 amide bonds. The maximum atomic E-state index is 10.1. The lowest BCUT2D eigenvalue weighted by Gasteiger charge is -2.05. The third kappa shape index (κ3) is 0.805. The van der Waals surface area contributed by atoms with Crippen LogP contribution in [0, 0.1) is 16.7 Å². The summed E-state index contributed by atoms with van der Waals surface area (Å²) >= 11 is 0. The van der Waals surface area contributed by atoms with Gasteiger partial charge in [0.25, 0.3) is 0 Å². The van der Waals surface area contributed by atoms with Gasteiger partial charge in [-0.25, -0.2) is 0 Å². The molecule has 3 nitrogen and oxygen atoms in total. The summed E-state index contributed by atoms with van der Waals surface area (Å²) in [6.45, 7) is 1.85. The van der Waals surface area contributed by atoms with Crippen LogP contribution in [0.15, 0.2) is 5.29 Å². The lowest BCUT2D eigenvalue weighted by atomic mass is 10.0. The van der Waals surface area contributed by atoms with Gasteiger partial charge in [0.2, 0.25) is 0 Å². The lowest BCUT2D eigenvalue weighted by Crippen LogP contribution is -2.13. The second-order valence-electron chi connectivity index (χ2n) is 3.40. The fraction of sp³-hybridized carbons (Fsp3) is 1.00. The third-order valence-electron chi connectivity index (χ3n) is 2.82. The largest absolute Gasteiger partial charge is 0.260 e. The van der Waals surface area contributed by atoms with Crippen LogP contribution < -0.4 is 0 Å². The second kappa shape index (κ2) is 2.22. The highest BCUT2D eigenvalue weighted by atomic mass is 16.3. The van der Waals surface area contributed by atoms with Crippen molar-refractivity contribution < 1.29 is 0 Å². The molecule has 0 aromatic heterocycles. The van der Waals surface area contributed by atoms with E-state index >= 15 is 0 Å². The molecule has 0 N–H and O–H groups in total. The highest BCUT2D eigenvalue weighted by Gasteiger charge is 2.36. The summed E-state index contributed by atoms with van der Waals surface area (Å²) < 4.78 is 0. The molecule has 2 atom stereocenters. The molecule has 0 aromatic rings. The molecule has 0 aromatic carbocycles. The second-order valence-corrected chi connectivity index (χ2v) is 3.40. The van der Waals surface area contributed by atoms with Crippen molar-refractivity contribution in [1.29, 1.82) is 0 Å². The molecule has 56 valence electrons. The van der Waals surface area contributed by atoms with E-state index in [4.69, 9.17) is 0 Å². The van der Waals surface area contributed by atoms with Gasteiger partial charge in [-0.05, 0) is 24.7 Å². The Morgan fingerprint density at radius 2 is 1.80 bits per heavy atom. The van der Waals surface area contributed by atoms with Crippen LogP contribution in [-0.2, 0) is 0 Å². The molecule has 0 bridgehead atoms. The first kappa shape index (κ1) is 6.13. The number of nitrogens with zero attached hydrogens (tertiary/aromatic N) is 2. The zero-order valence-electron chi connectivity index (χ0n) is 5.99. The minimum absolute atomic E-state index is 0.790. The summed E-state index contributed by atoms with van der Waals surface area (Å²) in [4.78, 5) is 10.1. The first-order chi connectivity index (χ1) is 4.90. The van der Waals surface area contributed by atoms with Crippen molar-refractivity contribution in [2.45, 2.75) is 19.3 Å². The Hall–Kier alpha value is -0.600. The number of rotatable bonds is 1. The minimum atomic E-state index is 0.790. The zero-order chi connectivity index (χ0) is 6.97. The summed E-state index contributed by atoms with van der Waals surface area (Å²) in [5, 5.41) is 4.63. The van der Waals surface area contributed by atoms with Crippen LogP contribution >= 0.6 is 0 Å². The van der Waals surface area contributed by atoms with Crippen LogP contribution in [-0.4, -0.2) is 18.1 Å². The van der Waals surface area contributed by atoms with Crippen molar-refractivity contribution in [2.24, 2.45) is 17.1 Å². The summed E-state index contributed by atoms with van der Waals surface area (Å²) in [6.07, 6.45) is 4.00. The number of hydrogen-bond acceptors (Lipinski definition) is 2. The number of nitroso groups, excluding NO2 is 1. The Morgan fingerprint density at radius 1 is 1.20 bits per heavy atom. The average molecular weight is 140 g/mol. The Bertz CT molecular complexity index is 137. The SMILES string of the molecule is O=NN1C[C@H]2CCC[C@H]2C1. The van der Waals surface area contributed by atoms with E-state index in [2.05, 4.69) is 5.29 Å². The van der Waals surface area contributed by atoms with Gasteiger partial charge in [-0.1, -0.05) is 6.42 Å². The molecule has 2 rings (SSSR count). The van der Waals surface area contributed by atoms with Crippen molar-refractivity contribution in [2.75, 3.05) is 13.1 Å². The van der Waals surface area contributed by atoms with Crippen LogP contribution in [0.5, 0.6) is 0 Å². The Morgan fingerprint density at radius 3 is 2.30 bits per heavy atom. The van der Waals surface area contributed by atoms with Crippen LogP contribution in [0.1, 0.15) is 19.3 Å². The van der Waals surface area contributed by atoms with Crippen LogP contribution in [0.25, 0.3) is 0 Å². The average Bonchev–Trinajstić information content (AvgIpc) is 2.42. The summed E-state index contributed by atoms with van der Waals surface area (Å²) in [5.41, 5.74) is 0. The van der Waals surface area contributed by atoms with Crippen molar-refractivity contribution in [3.8, 4) is 0 Å². The van der Waals surface area contributed by atoms with E-state index in [1.54, 1.807) is 5.01 Å². The smallest absolute Gasteiger partial charge is 0.0524 e. The molecule has 10 heavy (non-hydrogen) atoms. The maximum Gasteiger partial charge on any atom is 0.0524 e. The van der Waals surface area contributed by atoms with Gasteiger partial charge in [0, 0.05) is 13.1 Å². The van der Waals surface area contributed by atoms with Gasteiger partial charge >= 0.3 is 0 Å². The summed E-state index contributed by atoms with van der Waals surface area (Å²) in [5.74, 6) is 1.58. The van der Waals surface area contributed by atoms with Crippen molar-refractivity contribution in [3.05, 3.63) is 4.91 Å². The first-order valence-corrected chi connectivity index (χ1v) is 3.98. The van der Waals surface area contributed by atoms with Gasteiger partial charge in [0.05, 0.1) is 5.29 Å². The normalized spacial score (nSPS) is 38.2. The van der Waals surface area contributed by atoms with E-state index in [1.165, 1.54) is 19.3 Å². The fourth-order valence-electron chi connectivity index (χ4n) is 2.28. The molecule has 3 heteroatoms. The Labute approximate surface area is 60.3 Å². The first-order valence-electron chi connectivity index (χ1n) is 3.98. The van der Waals surface area contributed by atoms with Gasteiger partial charge in [-0.15, -0.1) is 4.91 Å². The standard InChI is InChI=1S/C7H12N2O/c10-8-9-4-6-2-1-3-7(6)5-9/h6-7H,1-5H2/t6-,7+. The minimum Gasteiger partial charge on any atom is -0.260 e. The lowest BCUT2D eigenvalue weighted by molar-refractivity contribution is 0.324. The molecule has 1 heterocycles. The van der Waals surface area contributed by atoms with E-state index in [1.807, 2.05) is 0 Å². The van der Waals surface area contributed by atoms with Gasteiger partial charge in [-0.3, -0.25) is 5.01 Å². The molecule has 0 unspecified atom stereocenters. The molecule has 1 saturated heterocycles. The van der Waals surface area contributed by atoms with E-state index < -0.39 is 0 Å². The van der Waals surface area contributed by atoms with Gasteiger partial charge in [-0.2, -0.15) is 0 Å². The topological polar surface area (TPSA) is 32.7 Å². The number of fused-ring (bicyclic) bond motifs is 1. The van der Waals surface area contributed by atoms with Gasteiger partial charge < -0.3 is 0 Å². The van der Waals surface area contributed by atoms with Crippen LogP contribution in [0.4, 0.5) is 0 Å². The number of hydrogen-bond donors (Lipinski definition) is 0. The monoisotopic (exact) mass is 140 g/mol. The molecular formula is C7H12N2O. The zero-order valence-corrected chi connectivity index (χ0v) is 5.99. The third-order valence-corrected chi connectivity index (χ3v) is 2.82. The Kier molecular flexibility index (Phi) is 1.36. The van der Waals surface area contributed by atoms with Crippen LogP contribution in [0.3, 0.4) is 0 Å². The molecule has 1 aliphatic heterocycles. The van der Waals surface area contributed by atoms with Crippen LogP contribution in [0.2, 0.25) is 0 Å². The van der Waals surface area contributed by atoms with Gasteiger partial charge in [0.1, 0.15) is 0 Å². The molecule has 0 radical (unpaired) electrons. The highest BCUT2D eigenvalue weighted by molar-refractivity contribution is 4.86. The molecule has 1 aliphatic carbocycles. The predicted molar refractivity (Wildman–Crippen MR) is 38.2 cm³/mol. The van der Waals surface area contributed by atoms with E-state index in [0.29, 0.717) is 0 Å². The molecule has 0 spiro atoms. The van der Waals surface area contributed by atoms with Crippen molar-refractivity contribution in [1.82, 2.24) is 5.01 Å². The van der Waals surface area contributed by atoms with E-state index in [-0.39, 0.29) is 0 Å². The van der Waals surface area contributed by atoms with E-state index in [9.17, 15) is 4.91 Å². The highest BCUT2D eigenvalue weighted by Crippen LogP contribution is 2.37. The van der Waals surface area contributed by atoms with E-state index in [0.717, 1.165) is 24.9 Å². The molecule has 1 saturated carbocycles. The molecule has 2 fully saturated rings. The maximum absolute atomic E-state index is 10.1.